The molecule has 0 aromatic carbocycles. The SMILES string of the molecule is CN=C(NCCc1cn2ccccc2n1)NC(C)CCC(C)(C)C.I. The van der Waals surface area contributed by atoms with Crippen LogP contribution < -0.4 is 10.6 Å². The number of nitrogens with zero attached hydrogens (tertiary/aromatic N) is 3. The summed E-state index contributed by atoms with van der Waals surface area (Å²) in [6.45, 7) is 9.86. The fourth-order valence-corrected chi connectivity index (χ4v) is 2.57. The molecule has 0 aliphatic heterocycles. The van der Waals surface area contributed by atoms with Crippen LogP contribution in [0.25, 0.3) is 5.65 Å². The van der Waals surface area contributed by atoms with E-state index in [2.05, 4.69) is 58.9 Å². The molecule has 0 aliphatic rings. The molecule has 0 bridgehead atoms. The number of nitrogens with one attached hydrogen (secondary N) is 2. The number of imidazole rings is 1. The predicted octanol–water partition coefficient (Wildman–Crippen LogP) is 3.87. The van der Waals surface area contributed by atoms with Crippen LogP contribution in [-0.2, 0) is 6.42 Å². The van der Waals surface area contributed by atoms with Gasteiger partial charge in [-0.3, -0.25) is 4.99 Å². The van der Waals surface area contributed by atoms with Gasteiger partial charge in [0.2, 0.25) is 0 Å². The third-order valence-corrected chi connectivity index (χ3v) is 4.02. The number of aromatic nitrogens is 2. The van der Waals surface area contributed by atoms with Gasteiger partial charge in [0.25, 0.3) is 0 Å². The number of aliphatic imine (C=N–C) groups is 1. The Morgan fingerprint density at radius 3 is 2.72 bits per heavy atom. The Balaban J connectivity index is 0.00000312. The molecular formula is C19H32IN5. The molecule has 6 heteroatoms. The largest absolute Gasteiger partial charge is 0.356 e. The van der Waals surface area contributed by atoms with Crippen molar-refractivity contribution >= 4 is 35.6 Å². The lowest BCUT2D eigenvalue weighted by Crippen LogP contribution is -2.43. The highest BCUT2D eigenvalue weighted by Gasteiger charge is 2.13. The summed E-state index contributed by atoms with van der Waals surface area (Å²) in [6.07, 6.45) is 7.31. The van der Waals surface area contributed by atoms with E-state index in [1.165, 1.54) is 6.42 Å². The zero-order chi connectivity index (χ0) is 17.6. The van der Waals surface area contributed by atoms with Gasteiger partial charge in [-0.05, 0) is 37.3 Å². The normalized spacial score (nSPS) is 13.4. The molecule has 25 heavy (non-hydrogen) atoms. The fraction of sp³-hybridized carbons (Fsp3) is 0.579. The topological polar surface area (TPSA) is 53.7 Å². The lowest BCUT2D eigenvalue weighted by atomic mass is 9.89. The van der Waals surface area contributed by atoms with E-state index in [0.717, 1.165) is 36.7 Å². The lowest BCUT2D eigenvalue weighted by Gasteiger charge is -2.23. The maximum Gasteiger partial charge on any atom is 0.191 e. The molecule has 0 fully saturated rings. The van der Waals surface area contributed by atoms with Crippen LogP contribution in [0.2, 0.25) is 0 Å². The van der Waals surface area contributed by atoms with E-state index in [1.54, 1.807) is 0 Å². The van der Waals surface area contributed by atoms with Gasteiger partial charge >= 0.3 is 0 Å². The molecule has 2 aromatic rings. The van der Waals surface area contributed by atoms with Gasteiger partial charge in [0.1, 0.15) is 5.65 Å². The average Bonchev–Trinajstić information content (AvgIpc) is 2.94. The van der Waals surface area contributed by atoms with Crippen LogP contribution in [0.3, 0.4) is 0 Å². The first-order valence-electron chi connectivity index (χ1n) is 8.77. The Morgan fingerprint density at radius 1 is 1.32 bits per heavy atom. The highest BCUT2D eigenvalue weighted by atomic mass is 127. The van der Waals surface area contributed by atoms with Gasteiger partial charge in [0.15, 0.2) is 5.96 Å². The minimum Gasteiger partial charge on any atom is -0.356 e. The minimum atomic E-state index is 0. The summed E-state index contributed by atoms with van der Waals surface area (Å²) in [6, 6.07) is 6.45. The van der Waals surface area contributed by atoms with Crippen molar-refractivity contribution in [3.63, 3.8) is 0 Å². The second kappa shape index (κ2) is 9.99. The third-order valence-electron chi connectivity index (χ3n) is 4.02. The second-order valence-corrected chi connectivity index (χ2v) is 7.59. The molecule has 1 unspecified atom stereocenters. The molecule has 0 spiro atoms. The van der Waals surface area contributed by atoms with Crippen molar-refractivity contribution in [1.82, 2.24) is 20.0 Å². The standard InChI is InChI=1S/C19H31N5.HI/c1-15(9-11-19(2,3)4)22-18(20-5)21-12-10-16-14-24-13-7-6-8-17(24)23-16;/h6-8,13-15H,9-12H2,1-5H3,(H2,20,21,22);1H. The quantitative estimate of drug-likeness (QED) is 0.394. The molecule has 0 radical (unpaired) electrons. The van der Waals surface area contributed by atoms with Gasteiger partial charge in [-0.2, -0.15) is 0 Å². The summed E-state index contributed by atoms with van der Waals surface area (Å²) >= 11 is 0. The first kappa shape index (κ1) is 21.7. The molecule has 2 N–H and O–H groups in total. The molecule has 5 nitrogen and oxygen atoms in total. The van der Waals surface area contributed by atoms with Gasteiger partial charge in [-0.15, -0.1) is 24.0 Å². The van der Waals surface area contributed by atoms with Gasteiger partial charge in [0.05, 0.1) is 5.69 Å². The number of fused-ring (bicyclic) bond motifs is 1. The Hall–Kier alpha value is -1.31. The van der Waals surface area contributed by atoms with Crippen LogP contribution in [-0.4, -0.2) is 35.0 Å². The van der Waals surface area contributed by atoms with Crippen LogP contribution in [0.4, 0.5) is 0 Å². The highest BCUT2D eigenvalue weighted by Crippen LogP contribution is 2.21. The Bertz CT molecular complexity index is 639. The van der Waals surface area contributed by atoms with Crippen molar-refractivity contribution in [3.05, 3.63) is 36.3 Å². The summed E-state index contributed by atoms with van der Waals surface area (Å²) in [5, 5.41) is 6.85. The van der Waals surface area contributed by atoms with E-state index in [4.69, 9.17) is 0 Å². The van der Waals surface area contributed by atoms with E-state index in [0.29, 0.717) is 11.5 Å². The summed E-state index contributed by atoms with van der Waals surface area (Å²) in [7, 11) is 1.82. The van der Waals surface area contributed by atoms with Gasteiger partial charge in [-0.25, -0.2) is 4.98 Å². The van der Waals surface area contributed by atoms with Gasteiger partial charge < -0.3 is 15.0 Å². The molecule has 2 heterocycles. The molecule has 2 aromatic heterocycles. The second-order valence-electron chi connectivity index (χ2n) is 7.59. The Kier molecular flexibility index (Phi) is 8.68. The zero-order valence-electron chi connectivity index (χ0n) is 16.0. The molecule has 140 valence electrons. The number of halogens is 1. The van der Waals surface area contributed by atoms with Crippen LogP contribution in [0, 0.1) is 5.41 Å². The first-order chi connectivity index (χ1) is 11.4. The maximum atomic E-state index is 4.62. The molecule has 2 rings (SSSR count). The van der Waals surface area contributed by atoms with Crippen LogP contribution in [0.15, 0.2) is 35.6 Å². The van der Waals surface area contributed by atoms with E-state index < -0.39 is 0 Å². The Morgan fingerprint density at radius 2 is 2.08 bits per heavy atom. The molecule has 1 atom stereocenters. The van der Waals surface area contributed by atoms with E-state index in [1.807, 2.05) is 31.4 Å². The molecule has 0 saturated heterocycles. The molecular weight excluding hydrogens is 425 g/mol. The molecule has 0 aliphatic carbocycles. The Labute approximate surface area is 168 Å². The zero-order valence-corrected chi connectivity index (χ0v) is 18.4. The molecule has 0 saturated carbocycles. The van der Waals surface area contributed by atoms with Crippen molar-refractivity contribution in [2.75, 3.05) is 13.6 Å². The number of pyridine rings is 1. The summed E-state index contributed by atoms with van der Waals surface area (Å²) in [5.41, 5.74) is 2.45. The van der Waals surface area contributed by atoms with Crippen molar-refractivity contribution in [3.8, 4) is 0 Å². The minimum absolute atomic E-state index is 0. The van der Waals surface area contributed by atoms with Crippen LogP contribution >= 0.6 is 24.0 Å². The maximum absolute atomic E-state index is 4.62. The third kappa shape index (κ3) is 7.63. The van der Waals surface area contributed by atoms with E-state index in [-0.39, 0.29) is 24.0 Å². The first-order valence-corrected chi connectivity index (χ1v) is 8.77. The van der Waals surface area contributed by atoms with Crippen molar-refractivity contribution in [2.45, 2.75) is 53.0 Å². The van der Waals surface area contributed by atoms with Crippen LogP contribution in [0.1, 0.15) is 46.2 Å². The summed E-state index contributed by atoms with van der Waals surface area (Å²) < 4.78 is 2.05. The van der Waals surface area contributed by atoms with Crippen molar-refractivity contribution in [2.24, 2.45) is 10.4 Å². The monoisotopic (exact) mass is 457 g/mol. The number of hydrogen-bond acceptors (Lipinski definition) is 2. The van der Waals surface area contributed by atoms with Crippen molar-refractivity contribution in [1.29, 1.82) is 0 Å². The number of guanidine groups is 1. The summed E-state index contributed by atoms with van der Waals surface area (Å²) in [4.78, 5) is 8.93. The average molecular weight is 457 g/mol. The smallest absolute Gasteiger partial charge is 0.191 e. The van der Waals surface area contributed by atoms with E-state index in [9.17, 15) is 0 Å². The van der Waals surface area contributed by atoms with Crippen LogP contribution in [0.5, 0.6) is 0 Å². The highest BCUT2D eigenvalue weighted by molar-refractivity contribution is 14.0. The summed E-state index contributed by atoms with van der Waals surface area (Å²) in [5.74, 6) is 0.861. The fourth-order valence-electron chi connectivity index (χ4n) is 2.57. The predicted molar refractivity (Wildman–Crippen MR) is 117 cm³/mol. The van der Waals surface area contributed by atoms with Gasteiger partial charge in [-0.1, -0.05) is 26.8 Å². The molecule has 0 amide bonds. The number of hydrogen-bond donors (Lipinski definition) is 2. The number of rotatable bonds is 6. The lowest BCUT2D eigenvalue weighted by molar-refractivity contribution is 0.346. The van der Waals surface area contributed by atoms with E-state index >= 15 is 0 Å². The van der Waals surface area contributed by atoms with Gasteiger partial charge in [0, 0.05) is 38.4 Å². The van der Waals surface area contributed by atoms with Crippen molar-refractivity contribution < 1.29 is 0 Å².